The molecule has 0 saturated heterocycles. The van der Waals surface area contributed by atoms with E-state index in [1.165, 1.54) is 0 Å². The Labute approximate surface area is 92.8 Å². The predicted octanol–water partition coefficient (Wildman–Crippen LogP) is 2.10. The number of carbonyl (C=O) groups is 2. The van der Waals surface area contributed by atoms with Crippen LogP contribution in [0.5, 0.6) is 0 Å². The summed E-state index contributed by atoms with van der Waals surface area (Å²) in [6, 6.07) is 0.116. The van der Waals surface area contributed by atoms with Gasteiger partial charge in [-0.1, -0.05) is 34.1 Å². The first-order chi connectivity index (χ1) is 6.82. The number of ketones is 1. The zero-order valence-corrected chi connectivity index (χ0v) is 10.7. The Morgan fingerprint density at radius 1 is 1.13 bits per heavy atom. The number of amides is 1. The molecular weight excluding hydrogens is 190 g/mol. The third-order valence-corrected chi connectivity index (χ3v) is 3.13. The van der Waals surface area contributed by atoms with E-state index in [-0.39, 0.29) is 23.7 Å². The van der Waals surface area contributed by atoms with Crippen molar-refractivity contribution in [3.8, 4) is 0 Å². The van der Waals surface area contributed by atoms with Crippen molar-refractivity contribution in [1.29, 1.82) is 0 Å². The molecule has 0 saturated carbocycles. The second-order valence-corrected chi connectivity index (χ2v) is 4.56. The Balaban J connectivity index is 4.51. The Morgan fingerprint density at radius 2 is 1.60 bits per heavy atom. The molecule has 3 heteroatoms. The van der Waals surface area contributed by atoms with Gasteiger partial charge in [-0.3, -0.25) is 9.59 Å². The topological polar surface area (TPSA) is 37.4 Å². The number of hydrogen-bond acceptors (Lipinski definition) is 2. The van der Waals surface area contributed by atoms with E-state index in [1.807, 2.05) is 6.92 Å². The molecule has 0 aliphatic heterocycles. The smallest absolute Gasteiger partial charge is 0.290 e. The van der Waals surface area contributed by atoms with Gasteiger partial charge in [0.05, 0.1) is 0 Å². The fourth-order valence-electron chi connectivity index (χ4n) is 1.33. The third-order valence-electron chi connectivity index (χ3n) is 3.13. The fraction of sp³-hybridized carbons (Fsp3) is 0.833. The van der Waals surface area contributed by atoms with Gasteiger partial charge in [-0.25, -0.2) is 0 Å². The van der Waals surface area contributed by atoms with Crippen LogP contribution in [0.3, 0.4) is 0 Å². The van der Waals surface area contributed by atoms with Crippen LogP contribution in [0.25, 0.3) is 0 Å². The van der Waals surface area contributed by atoms with Crippen molar-refractivity contribution in [2.24, 2.45) is 11.8 Å². The average molecular weight is 213 g/mol. The lowest BCUT2D eigenvalue weighted by Crippen LogP contribution is -2.43. The maximum absolute atomic E-state index is 11.7. The maximum Gasteiger partial charge on any atom is 0.290 e. The van der Waals surface area contributed by atoms with Gasteiger partial charge < -0.3 is 4.90 Å². The summed E-state index contributed by atoms with van der Waals surface area (Å²) in [5.41, 5.74) is 0. The number of Topliss-reactive ketones (excluding diaryl/α,β-unsaturated/α-hetero) is 1. The molecule has 0 aromatic heterocycles. The summed E-state index contributed by atoms with van der Waals surface area (Å²) in [5.74, 6) is -0.464. The highest BCUT2D eigenvalue weighted by atomic mass is 16.2. The van der Waals surface area contributed by atoms with Gasteiger partial charge in [0.2, 0.25) is 5.78 Å². The van der Waals surface area contributed by atoms with Crippen LogP contribution in [0, 0.1) is 11.8 Å². The average Bonchev–Trinajstić information content (AvgIpc) is 2.23. The van der Waals surface area contributed by atoms with E-state index in [4.69, 9.17) is 0 Å². The Kier molecular flexibility index (Phi) is 5.55. The van der Waals surface area contributed by atoms with E-state index in [9.17, 15) is 9.59 Å². The third kappa shape index (κ3) is 3.65. The number of rotatable bonds is 5. The van der Waals surface area contributed by atoms with Crippen LogP contribution < -0.4 is 0 Å². The maximum atomic E-state index is 11.7. The second kappa shape index (κ2) is 5.89. The molecule has 0 aromatic rings. The van der Waals surface area contributed by atoms with Gasteiger partial charge in [0.15, 0.2) is 0 Å². The van der Waals surface area contributed by atoms with Gasteiger partial charge in [0.1, 0.15) is 0 Å². The lowest BCUT2D eigenvalue weighted by atomic mass is 9.98. The largest absolute Gasteiger partial charge is 0.336 e. The van der Waals surface area contributed by atoms with Crippen molar-refractivity contribution < 1.29 is 9.59 Å². The SMILES string of the molecule is CCC(C)C(C)N(C)C(=O)C(=O)C(C)C. The van der Waals surface area contributed by atoms with Crippen molar-refractivity contribution >= 4 is 11.7 Å². The van der Waals surface area contributed by atoms with Crippen LogP contribution >= 0.6 is 0 Å². The highest BCUT2D eigenvalue weighted by Crippen LogP contribution is 2.13. The molecule has 0 fully saturated rings. The molecule has 88 valence electrons. The zero-order valence-electron chi connectivity index (χ0n) is 10.7. The molecule has 0 aromatic carbocycles. The van der Waals surface area contributed by atoms with Crippen molar-refractivity contribution in [1.82, 2.24) is 4.90 Å². The molecule has 0 heterocycles. The summed E-state index contributed by atoms with van der Waals surface area (Å²) in [7, 11) is 1.71. The molecule has 1 amide bonds. The van der Waals surface area contributed by atoms with Gasteiger partial charge >= 0.3 is 0 Å². The summed E-state index contributed by atoms with van der Waals surface area (Å²) in [5, 5.41) is 0. The quantitative estimate of drug-likeness (QED) is 0.656. The van der Waals surface area contributed by atoms with Gasteiger partial charge in [-0.2, -0.15) is 0 Å². The zero-order chi connectivity index (χ0) is 12.2. The van der Waals surface area contributed by atoms with E-state index in [0.29, 0.717) is 5.92 Å². The van der Waals surface area contributed by atoms with Crippen molar-refractivity contribution in [3.63, 3.8) is 0 Å². The number of likely N-dealkylation sites (N-methyl/N-ethyl adjacent to an activating group) is 1. The van der Waals surface area contributed by atoms with Gasteiger partial charge in [-0.15, -0.1) is 0 Å². The molecule has 0 N–H and O–H groups in total. The highest BCUT2D eigenvalue weighted by molar-refractivity contribution is 6.36. The molecule has 2 atom stereocenters. The molecule has 3 nitrogen and oxygen atoms in total. The van der Waals surface area contributed by atoms with Crippen LogP contribution in [0.15, 0.2) is 0 Å². The fourth-order valence-corrected chi connectivity index (χ4v) is 1.33. The molecule has 0 aliphatic carbocycles. The molecular formula is C12H23NO2. The summed E-state index contributed by atoms with van der Waals surface area (Å²) in [4.78, 5) is 24.8. The normalized spacial score (nSPS) is 14.9. The van der Waals surface area contributed by atoms with Crippen LogP contribution in [0.2, 0.25) is 0 Å². The van der Waals surface area contributed by atoms with Crippen molar-refractivity contribution in [2.75, 3.05) is 7.05 Å². The predicted molar refractivity (Wildman–Crippen MR) is 61.5 cm³/mol. The summed E-state index contributed by atoms with van der Waals surface area (Å²) >= 11 is 0. The minimum Gasteiger partial charge on any atom is -0.336 e. The number of carbonyl (C=O) groups excluding carboxylic acids is 2. The minimum atomic E-state index is -0.363. The minimum absolute atomic E-state index is 0.116. The summed E-state index contributed by atoms with van der Waals surface area (Å²) in [6.07, 6.45) is 1.01. The van der Waals surface area contributed by atoms with Gasteiger partial charge in [0, 0.05) is 19.0 Å². The van der Waals surface area contributed by atoms with Crippen LogP contribution in [-0.4, -0.2) is 29.7 Å². The van der Waals surface area contributed by atoms with Gasteiger partial charge in [-0.05, 0) is 12.8 Å². The van der Waals surface area contributed by atoms with Crippen LogP contribution in [0.1, 0.15) is 41.0 Å². The van der Waals surface area contributed by atoms with Crippen LogP contribution in [-0.2, 0) is 9.59 Å². The monoisotopic (exact) mass is 213 g/mol. The Bertz CT molecular complexity index is 236. The first-order valence-corrected chi connectivity index (χ1v) is 5.63. The second-order valence-electron chi connectivity index (χ2n) is 4.56. The first-order valence-electron chi connectivity index (χ1n) is 5.63. The Morgan fingerprint density at radius 3 is 1.93 bits per heavy atom. The molecule has 0 radical (unpaired) electrons. The Hall–Kier alpha value is -0.860. The highest BCUT2D eigenvalue weighted by Gasteiger charge is 2.26. The molecule has 0 aliphatic rings. The number of nitrogens with zero attached hydrogens (tertiary/aromatic N) is 1. The van der Waals surface area contributed by atoms with Crippen molar-refractivity contribution in [3.05, 3.63) is 0 Å². The van der Waals surface area contributed by atoms with Crippen LogP contribution in [0.4, 0.5) is 0 Å². The van der Waals surface area contributed by atoms with E-state index in [1.54, 1.807) is 25.8 Å². The van der Waals surface area contributed by atoms with E-state index in [2.05, 4.69) is 13.8 Å². The molecule has 0 bridgehead atoms. The van der Waals surface area contributed by atoms with Gasteiger partial charge in [0.25, 0.3) is 5.91 Å². The number of hydrogen-bond donors (Lipinski definition) is 0. The first kappa shape index (κ1) is 14.1. The lowest BCUT2D eigenvalue weighted by Gasteiger charge is -2.29. The standard InChI is InChI=1S/C12H23NO2/c1-7-9(4)10(5)13(6)12(15)11(14)8(2)3/h8-10H,7H2,1-6H3. The van der Waals surface area contributed by atoms with E-state index in [0.717, 1.165) is 6.42 Å². The molecule has 2 unspecified atom stereocenters. The molecule has 15 heavy (non-hydrogen) atoms. The molecule has 0 rings (SSSR count). The molecule has 0 spiro atoms. The summed E-state index contributed by atoms with van der Waals surface area (Å²) < 4.78 is 0. The van der Waals surface area contributed by atoms with E-state index < -0.39 is 0 Å². The lowest BCUT2D eigenvalue weighted by molar-refractivity contribution is -0.147. The van der Waals surface area contributed by atoms with E-state index >= 15 is 0 Å². The summed E-state index contributed by atoms with van der Waals surface area (Å²) in [6.45, 7) is 9.67. The van der Waals surface area contributed by atoms with Crippen molar-refractivity contribution in [2.45, 2.75) is 47.1 Å².